The minimum Gasteiger partial charge on any atom is -0.493 e. The Bertz CT molecular complexity index is 1580. The number of rotatable bonds is 17. The summed E-state index contributed by atoms with van der Waals surface area (Å²) in [5.41, 5.74) is 6.03. The lowest BCUT2D eigenvalue weighted by molar-refractivity contribution is -0.147. The van der Waals surface area contributed by atoms with Crippen LogP contribution in [0.3, 0.4) is 0 Å². The number of amides is 3. The van der Waals surface area contributed by atoms with Crippen molar-refractivity contribution in [3.8, 4) is 5.75 Å². The first-order valence-electron chi connectivity index (χ1n) is 17.8. The summed E-state index contributed by atoms with van der Waals surface area (Å²) < 4.78 is 12.5. The van der Waals surface area contributed by atoms with Crippen LogP contribution in [0.4, 0.5) is 0 Å². The fourth-order valence-electron chi connectivity index (χ4n) is 6.29. The highest BCUT2D eigenvalue weighted by molar-refractivity contribution is 7.18. The van der Waals surface area contributed by atoms with Gasteiger partial charge >= 0.3 is 0 Å². The number of aromatic nitrogens is 1. The van der Waals surface area contributed by atoms with Crippen LogP contribution in [-0.2, 0) is 30.4 Å². The van der Waals surface area contributed by atoms with Crippen molar-refractivity contribution in [3.63, 3.8) is 0 Å². The molecule has 3 aromatic rings. The van der Waals surface area contributed by atoms with E-state index >= 15 is 0 Å². The number of nitrogens with zero attached hydrogens (tertiary/aromatic N) is 2. The molecular formula is C37H52N6O6S. The number of thiazole rings is 1. The molecule has 4 N–H and O–H groups in total. The summed E-state index contributed by atoms with van der Waals surface area (Å²) in [6.45, 7) is 6.29. The van der Waals surface area contributed by atoms with Crippen LogP contribution in [0.15, 0.2) is 42.5 Å². The maximum Gasteiger partial charge on any atom is 0.245 e. The molecule has 50 heavy (non-hydrogen) atoms. The maximum atomic E-state index is 14.0. The molecule has 0 aliphatic carbocycles. The van der Waals surface area contributed by atoms with Crippen molar-refractivity contribution in [1.82, 2.24) is 31.3 Å². The van der Waals surface area contributed by atoms with Gasteiger partial charge in [-0.25, -0.2) is 4.98 Å². The highest BCUT2D eigenvalue weighted by atomic mass is 32.1. The van der Waals surface area contributed by atoms with E-state index in [1.807, 2.05) is 57.4 Å². The summed E-state index contributed by atoms with van der Waals surface area (Å²) in [5, 5.41) is 9.96. The molecule has 1 fully saturated rings. The Morgan fingerprint density at radius 1 is 1.00 bits per heavy atom. The van der Waals surface area contributed by atoms with Crippen LogP contribution in [-0.4, -0.2) is 86.4 Å². The average Bonchev–Trinajstić information content (AvgIpc) is 3.52. The van der Waals surface area contributed by atoms with Crippen LogP contribution < -0.4 is 26.2 Å². The molecule has 3 heterocycles. The van der Waals surface area contributed by atoms with Crippen molar-refractivity contribution in [2.45, 2.75) is 89.6 Å². The predicted molar refractivity (Wildman–Crippen MR) is 194 cm³/mol. The van der Waals surface area contributed by atoms with E-state index in [0.717, 1.165) is 51.5 Å². The Morgan fingerprint density at radius 2 is 1.80 bits per heavy atom. The lowest BCUT2D eigenvalue weighted by Crippen LogP contribution is -2.56. The molecule has 0 unspecified atom stereocenters. The third-order valence-corrected chi connectivity index (χ3v) is 10.2. The Balaban J connectivity index is 1.30. The van der Waals surface area contributed by atoms with Crippen LogP contribution in [0.5, 0.6) is 5.75 Å². The molecule has 2 aliphatic heterocycles. The van der Waals surface area contributed by atoms with Gasteiger partial charge in [0.1, 0.15) is 17.8 Å². The van der Waals surface area contributed by atoms with Gasteiger partial charge in [-0.3, -0.25) is 19.2 Å². The van der Waals surface area contributed by atoms with Crippen LogP contribution in [0.2, 0.25) is 0 Å². The topological polar surface area (TPSA) is 143 Å². The third-order valence-electron chi connectivity index (χ3n) is 9.20. The molecule has 4 atom stereocenters. The summed E-state index contributed by atoms with van der Waals surface area (Å²) >= 11 is 1.52. The second kappa shape index (κ2) is 18.6. The van der Waals surface area contributed by atoms with Crippen molar-refractivity contribution in [1.29, 1.82) is 0 Å². The Labute approximate surface area is 299 Å². The van der Waals surface area contributed by atoms with Crippen LogP contribution in [0.1, 0.15) is 74.0 Å². The number of benzene rings is 2. The molecule has 1 aromatic heterocycles. The van der Waals surface area contributed by atoms with Gasteiger partial charge in [-0.1, -0.05) is 37.6 Å². The molecule has 12 nitrogen and oxygen atoms in total. The number of carbonyl (C=O) groups is 3. The van der Waals surface area contributed by atoms with E-state index in [4.69, 9.17) is 19.3 Å². The number of fused-ring (bicyclic) bond motifs is 2. The number of para-hydroxylation sites is 1. The normalized spacial score (nSPS) is 18.1. The molecule has 272 valence electrons. The second-order valence-electron chi connectivity index (χ2n) is 13.5. The van der Waals surface area contributed by atoms with Crippen LogP contribution in [0, 0.1) is 12.8 Å². The van der Waals surface area contributed by atoms with Gasteiger partial charge in [0.15, 0.2) is 6.23 Å². The van der Waals surface area contributed by atoms with Crippen molar-refractivity contribution < 1.29 is 28.7 Å². The molecule has 2 aliphatic rings. The van der Waals surface area contributed by atoms with Gasteiger partial charge in [0.25, 0.3) is 0 Å². The van der Waals surface area contributed by atoms with Gasteiger partial charge < -0.3 is 30.3 Å². The summed E-state index contributed by atoms with van der Waals surface area (Å²) in [4.78, 5) is 53.6. The third kappa shape index (κ3) is 10.7. The molecule has 1 saturated heterocycles. The molecule has 0 bridgehead atoms. The Kier molecular flexibility index (Phi) is 14.0. The van der Waals surface area contributed by atoms with Gasteiger partial charge in [0.2, 0.25) is 17.7 Å². The van der Waals surface area contributed by atoms with Gasteiger partial charge in [-0.05, 0) is 77.0 Å². The van der Waals surface area contributed by atoms with Crippen molar-refractivity contribution in [3.05, 3.63) is 58.6 Å². The summed E-state index contributed by atoms with van der Waals surface area (Å²) in [5.74, 6) is -0.0521. The van der Waals surface area contributed by atoms with E-state index in [1.54, 1.807) is 6.92 Å². The molecular weight excluding hydrogens is 657 g/mol. The largest absolute Gasteiger partial charge is 0.493 e. The van der Waals surface area contributed by atoms with Crippen molar-refractivity contribution in [2.24, 2.45) is 5.92 Å². The van der Waals surface area contributed by atoms with Gasteiger partial charge in [-0.2, -0.15) is 5.48 Å². The summed E-state index contributed by atoms with van der Waals surface area (Å²) in [6.07, 6.45) is 4.01. The first kappa shape index (κ1) is 37.6. The maximum absolute atomic E-state index is 14.0. The van der Waals surface area contributed by atoms with E-state index in [0.29, 0.717) is 45.5 Å². The predicted octanol–water partition coefficient (Wildman–Crippen LogP) is 4.17. The first-order valence-corrected chi connectivity index (χ1v) is 18.6. The van der Waals surface area contributed by atoms with Crippen LogP contribution in [0.25, 0.3) is 10.2 Å². The highest BCUT2D eigenvalue weighted by Gasteiger charge is 2.33. The molecule has 2 aromatic carbocycles. The Morgan fingerprint density at radius 3 is 2.58 bits per heavy atom. The number of nitrogens with one attached hydrogen (secondary N) is 4. The average molecular weight is 709 g/mol. The van der Waals surface area contributed by atoms with Gasteiger partial charge in [0, 0.05) is 44.0 Å². The summed E-state index contributed by atoms with van der Waals surface area (Å²) in [6, 6.07) is 12.1. The minimum atomic E-state index is -0.853. The SMILES string of the molecule is CCC(=O)N[C@@H](Cc1nc2ccc(C)cc2s1)C(=O)N[C@H](ON[C@@H](CCCCN(C)C)C(=O)N[C@@H]1CCOc2ccccc21)C1CCOCC1. The molecule has 13 heteroatoms. The molecule has 5 rings (SSSR count). The van der Waals surface area contributed by atoms with Gasteiger partial charge in [-0.15, -0.1) is 11.3 Å². The van der Waals surface area contributed by atoms with Crippen LogP contribution >= 0.6 is 11.3 Å². The molecule has 3 amide bonds. The quantitative estimate of drug-likeness (QED) is 0.0924. The zero-order valence-electron chi connectivity index (χ0n) is 29.7. The number of aryl methyl sites for hydroxylation is 1. The minimum absolute atomic E-state index is 0.0621. The number of hydrogen-bond acceptors (Lipinski definition) is 10. The number of unbranched alkanes of at least 4 members (excludes halogenated alkanes) is 1. The zero-order chi connectivity index (χ0) is 35.5. The fraction of sp³-hybridized carbons (Fsp3) is 0.568. The molecule has 0 saturated carbocycles. The number of hydroxylamine groups is 1. The smallest absolute Gasteiger partial charge is 0.245 e. The second-order valence-corrected chi connectivity index (χ2v) is 14.6. The summed E-state index contributed by atoms with van der Waals surface area (Å²) in [7, 11) is 4.06. The number of ether oxygens (including phenoxy) is 2. The fourth-order valence-corrected chi connectivity index (χ4v) is 7.40. The number of hydrogen-bond donors (Lipinski definition) is 4. The van der Waals surface area contributed by atoms with Gasteiger partial charge in [0.05, 0.1) is 27.9 Å². The van der Waals surface area contributed by atoms with Crippen molar-refractivity contribution in [2.75, 3.05) is 40.5 Å². The lowest BCUT2D eigenvalue weighted by Gasteiger charge is -2.33. The number of carbonyl (C=O) groups excluding carboxylic acids is 3. The Hall–Kier alpha value is -3.62. The standard InChI is InChI=1S/C37H52N6O6S/c1-5-33(44)38-30(23-34-39-28-14-13-24(2)22-32(28)50-34)36(46)41-37(25-15-19-47-20-16-25)49-42-29(11-8-9-18-43(3)4)35(45)40-27-17-21-48-31-12-7-6-10-26(27)31/h6-7,10,12-14,22,25,27,29-30,37,42H,5,8-9,11,15-21,23H2,1-4H3,(H,38,44)(H,40,45)(H,41,46)/t27-,29+,30+,37-/m1/s1. The monoisotopic (exact) mass is 708 g/mol. The first-order chi connectivity index (χ1) is 24.2. The molecule has 0 radical (unpaired) electrons. The van der Waals surface area contributed by atoms with E-state index in [2.05, 4.69) is 32.4 Å². The van der Waals surface area contributed by atoms with Crippen molar-refractivity contribution >= 4 is 39.3 Å². The zero-order valence-corrected chi connectivity index (χ0v) is 30.5. The van der Waals surface area contributed by atoms with E-state index in [-0.39, 0.29) is 42.5 Å². The van der Waals surface area contributed by atoms with E-state index in [1.165, 1.54) is 11.3 Å². The van der Waals surface area contributed by atoms with E-state index in [9.17, 15) is 14.4 Å². The molecule has 0 spiro atoms. The lowest BCUT2D eigenvalue weighted by atomic mass is 9.98. The van der Waals surface area contributed by atoms with E-state index < -0.39 is 18.3 Å². The highest BCUT2D eigenvalue weighted by Crippen LogP contribution is 2.32.